The van der Waals surface area contributed by atoms with Crippen LogP contribution in [0.4, 0.5) is 0 Å². The van der Waals surface area contributed by atoms with Crippen LogP contribution in [0.25, 0.3) is 21.7 Å². The summed E-state index contributed by atoms with van der Waals surface area (Å²) in [7, 11) is -3.81. The highest BCUT2D eigenvalue weighted by atomic mass is 32.2. The summed E-state index contributed by atoms with van der Waals surface area (Å²) in [6.07, 6.45) is 5.27. The van der Waals surface area contributed by atoms with E-state index in [1.54, 1.807) is 24.6 Å². The van der Waals surface area contributed by atoms with Crippen molar-refractivity contribution in [2.45, 2.75) is 36.2 Å². The van der Waals surface area contributed by atoms with E-state index in [-0.39, 0.29) is 10.8 Å². The lowest BCUT2D eigenvalue weighted by molar-refractivity contribution is 0.0970. The summed E-state index contributed by atoms with van der Waals surface area (Å²) in [4.78, 5) is 7.02. The Labute approximate surface area is 192 Å². The van der Waals surface area contributed by atoms with Crippen molar-refractivity contribution in [2.24, 2.45) is 5.14 Å². The normalized spacial score (nSPS) is 17.0. The van der Waals surface area contributed by atoms with Crippen molar-refractivity contribution in [1.29, 1.82) is 0 Å². The summed E-state index contributed by atoms with van der Waals surface area (Å²) in [5, 5.41) is 18.6. The van der Waals surface area contributed by atoms with Crippen LogP contribution in [0.15, 0.2) is 70.3 Å². The number of piperidine rings is 1. The summed E-state index contributed by atoms with van der Waals surface area (Å²) >= 11 is 0. The van der Waals surface area contributed by atoms with Gasteiger partial charge in [-0.15, -0.1) is 0 Å². The second-order valence-corrected chi connectivity index (χ2v) is 10.3. The number of furan rings is 1. The second kappa shape index (κ2) is 8.87. The van der Waals surface area contributed by atoms with E-state index in [0.29, 0.717) is 18.4 Å². The highest BCUT2D eigenvalue weighted by molar-refractivity contribution is 7.89. The van der Waals surface area contributed by atoms with E-state index in [1.807, 2.05) is 30.3 Å². The van der Waals surface area contributed by atoms with Gasteiger partial charge in [-0.05, 0) is 44.1 Å². The van der Waals surface area contributed by atoms with Crippen LogP contribution in [0.1, 0.15) is 30.0 Å². The van der Waals surface area contributed by atoms with Crippen LogP contribution in [0.3, 0.4) is 0 Å². The zero-order valence-electron chi connectivity index (χ0n) is 18.2. The molecule has 0 radical (unpaired) electrons. The maximum atomic E-state index is 12.0. The molecule has 33 heavy (non-hydrogen) atoms. The molecular weight excluding hydrogens is 438 g/mol. The fourth-order valence-corrected chi connectivity index (χ4v) is 5.72. The van der Waals surface area contributed by atoms with Gasteiger partial charge in [0.2, 0.25) is 10.0 Å². The van der Waals surface area contributed by atoms with Crippen molar-refractivity contribution in [2.75, 3.05) is 19.6 Å². The minimum atomic E-state index is -3.81. The molecule has 172 valence electrons. The Balaban J connectivity index is 1.25. The first-order chi connectivity index (χ1) is 15.9. The SMILES string of the molecule is NS(=O)(=O)c1cccc2c(C3CCN(CC(O)Cc4coc5ccccc45)CC3)nccc12. The minimum absolute atomic E-state index is 0.135. The molecule has 7 nitrogen and oxygen atoms in total. The number of aliphatic hydroxyl groups excluding tert-OH is 1. The van der Waals surface area contributed by atoms with Crippen molar-refractivity contribution in [1.82, 2.24) is 9.88 Å². The van der Waals surface area contributed by atoms with Crippen LogP contribution >= 0.6 is 0 Å². The quantitative estimate of drug-likeness (QED) is 0.452. The summed E-state index contributed by atoms with van der Waals surface area (Å²) in [6, 6.07) is 14.8. The van der Waals surface area contributed by atoms with Gasteiger partial charge < -0.3 is 14.4 Å². The summed E-state index contributed by atoms with van der Waals surface area (Å²) in [5.74, 6) is 0.232. The van der Waals surface area contributed by atoms with Gasteiger partial charge in [-0.25, -0.2) is 13.6 Å². The molecule has 0 amide bonds. The van der Waals surface area contributed by atoms with Crippen LogP contribution in [-0.2, 0) is 16.4 Å². The Hall–Kier alpha value is -2.78. The zero-order valence-corrected chi connectivity index (χ0v) is 19.0. The third kappa shape index (κ3) is 4.52. The Morgan fingerprint density at radius 3 is 2.61 bits per heavy atom. The lowest BCUT2D eigenvalue weighted by Crippen LogP contribution is -2.39. The molecule has 3 N–H and O–H groups in total. The number of likely N-dealkylation sites (tertiary alicyclic amines) is 1. The van der Waals surface area contributed by atoms with Crippen LogP contribution in [0, 0.1) is 0 Å². The number of nitrogens with zero attached hydrogens (tertiary/aromatic N) is 2. The molecular formula is C25H27N3O4S. The monoisotopic (exact) mass is 465 g/mol. The molecule has 0 saturated carbocycles. The van der Waals surface area contributed by atoms with Gasteiger partial charge in [-0.2, -0.15) is 0 Å². The topological polar surface area (TPSA) is 110 Å². The summed E-state index contributed by atoms with van der Waals surface area (Å²) < 4.78 is 29.6. The first kappa shape index (κ1) is 22.0. The summed E-state index contributed by atoms with van der Waals surface area (Å²) in [6.45, 7) is 2.30. The fourth-order valence-electron chi connectivity index (χ4n) is 4.97. The smallest absolute Gasteiger partial charge is 0.238 e. The molecule has 0 bridgehead atoms. The molecule has 5 rings (SSSR count). The van der Waals surface area contributed by atoms with Crippen molar-refractivity contribution in [3.05, 3.63) is 72.2 Å². The molecule has 0 aliphatic carbocycles. The van der Waals surface area contributed by atoms with E-state index in [0.717, 1.165) is 53.5 Å². The number of hydrogen-bond donors (Lipinski definition) is 2. The lowest BCUT2D eigenvalue weighted by Gasteiger charge is -2.33. The third-order valence-electron chi connectivity index (χ3n) is 6.56. The largest absolute Gasteiger partial charge is 0.464 e. The van der Waals surface area contributed by atoms with Crippen LogP contribution in [0.2, 0.25) is 0 Å². The number of fused-ring (bicyclic) bond motifs is 2. The maximum Gasteiger partial charge on any atom is 0.238 e. The average Bonchev–Trinajstić information content (AvgIpc) is 3.21. The second-order valence-electron chi connectivity index (χ2n) is 8.78. The molecule has 1 aliphatic heterocycles. The number of hydrogen-bond acceptors (Lipinski definition) is 6. The number of pyridine rings is 1. The number of nitrogens with two attached hydrogens (primary N) is 1. The van der Waals surface area contributed by atoms with Crippen molar-refractivity contribution >= 4 is 31.8 Å². The van der Waals surface area contributed by atoms with Gasteiger partial charge in [0.05, 0.1) is 23.0 Å². The fraction of sp³-hybridized carbons (Fsp3) is 0.320. The summed E-state index contributed by atoms with van der Waals surface area (Å²) in [5.41, 5.74) is 2.79. The number of β-amino-alcohol motifs (C(OH)–C–C–N with tert-alkyl or cyclic N) is 1. The highest BCUT2D eigenvalue weighted by Gasteiger charge is 2.25. The van der Waals surface area contributed by atoms with Gasteiger partial charge in [-0.1, -0.05) is 30.3 Å². The standard InChI is InChI=1S/C25H27N3O4S/c26-33(30,31)24-7-3-5-22-21(24)8-11-27-25(22)17-9-12-28(13-10-17)15-19(29)14-18-16-32-23-6-2-1-4-20(18)23/h1-8,11,16-17,19,29H,9-10,12-15H2,(H2,26,30,31). The number of sulfonamides is 1. The third-order valence-corrected chi connectivity index (χ3v) is 7.53. The Bertz CT molecular complexity index is 1390. The average molecular weight is 466 g/mol. The van der Waals surface area contributed by atoms with Gasteiger partial charge >= 0.3 is 0 Å². The van der Waals surface area contributed by atoms with Crippen LogP contribution < -0.4 is 5.14 Å². The van der Waals surface area contributed by atoms with Crippen LogP contribution in [-0.4, -0.2) is 49.1 Å². The molecule has 1 fully saturated rings. The van der Waals surface area contributed by atoms with Gasteiger partial charge in [0.25, 0.3) is 0 Å². The molecule has 2 aromatic heterocycles. The number of para-hydroxylation sites is 1. The Morgan fingerprint density at radius 1 is 1.06 bits per heavy atom. The zero-order chi connectivity index (χ0) is 23.0. The molecule has 1 saturated heterocycles. The maximum absolute atomic E-state index is 12.0. The lowest BCUT2D eigenvalue weighted by atomic mass is 9.90. The number of primary sulfonamides is 1. The van der Waals surface area contributed by atoms with Gasteiger partial charge in [-0.3, -0.25) is 4.98 Å². The number of benzene rings is 2. The molecule has 1 aliphatic rings. The molecule has 1 atom stereocenters. The van der Waals surface area contributed by atoms with Gasteiger partial charge in [0, 0.05) is 46.8 Å². The van der Waals surface area contributed by atoms with E-state index < -0.39 is 16.1 Å². The Morgan fingerprint density at radius 2 is 1.82 bits per heavy atom. The predicted molar refractivity (Wildman–Crippen MR) is 127 cm³/mol. The number of aromatic nitrogens is 1. The van der Waals surface area contributed by atoms with Crippen molar-refractivity contribution < 1.29 is 17.9 Å². The minimum Gasteiger partial charge on any atom is -0.464 e. The first-order valence-electron chi connectivity index (χ1n) is 11.2. The van der Waals surface area contributed by atoms with Crippen LogP contribution in [0.5, 0.6) is 0 Å². The van der Waals surface area contributed by atoms with Gasteiger partial charge in [0.15, 0.2) is 0 Å². The van der Waals surface area contributed by atoms with Gasteiger partial charge in [0.1, 0.15) is 5.58 Å². The predicted octanol–water partition coefficient (Wildman–Crippen LogP) is 3.41. The van der Waals surface area contributed by atoms with Crippen molar-refractivity contribution in [3.8, 4) is 0 Å². The van der Waals surface area contributed by atoms with Crippen molar-refractivity contribution in [3.63, 3.8) is 0 Å². The molecule has 4 aromatic rings. The molecule has 0 spiro atoms. The van der Waals surface area contributed by atoms with E-state index in [1.165, 1.54) is 6.07 Å². The number of rotatable bonds is 6. The number of aliphatic hydroxyl groups is 1. The first-order valence-corrected chi connectivity index (χ1v) is 12.7. The molecule has 8 heteroatoms. The van der Waals surface area contributed by atoms with E-state index in [9.17, 15) is 13.5 Å². The molecule has 2 aromatic carbocycles. The molecule has 3 heterocycles. The van der Waals surface area contributed by atoms with E-state index in [4.69, 9.17) is 9.56 Å². The van der Waals surface area contributed by atoms with E-state index in [2.05, 4.69) is 9.88 Å². The highest BCUT2D eigenvalue weighted by Crippen LogP contribution is 2.33. The Kier molecular flexibility index (Phi) is 5.92. The van der Waals surface area contributed by atoms with E-state index >= 15 is 0 Å². The molecule has 1 unspecified atom stereocenters.